The highest BCUT2D eigenvalue weighted by molar-refractivity contribution is 9.11. The van der Waals surface area contributed by atoms with Gasteiger partial charge in [-0.3, -0.25) is 0 Å². The summed E-state index contributed by atoms with van der Waals surface area (Å²) in [6.07, 6.45) is 0. The van der Waals surface area contributed by atoms with Gasteiger partial charge in [0, 0.05) is 8.95 Å². The number of rotatable bonds is 2. The molecule has 0 amide bonds. The largest absolute Gasteiger partial charge is 0.205 e. The summed E-state index contributed by atoms with van der Waals surface area (Å²) in [5, 5.41) is 0.128. The van der Waals surface area contributed by atoms with Gasteiger partial charge in [0.1, 0.15) is 5.82 Å². The van der Waals surface area contributed by atoms with E-state index in [0.717, 1.165) is 20.1 Å². The van der Waals surface area contributed by atoms with Gasteiger partial charge in [-0.1, -0.05) is 65.5 Å². The van der Waals surface area contributed by atoms with Gasteiger partial charge >= 0.3 is 0 Å². The lowest BCUT2D eigenvalue weighted by molar-refractivity contribution is 0.627. The standard InChI is InChI=1S/C13H7Br3ClF/c14-8-2-3-10(15)9(6-8)13(16)7-1-4-12(18)11(17)5-7/h1-6,13H. The molecule has 0 N–H and O–H groups in total. The predicted molar refractivity (Wildman–Crippen MR) is 84.0 cm³/mol. The highest BCUT2D eigenvalue weighted by Gasteiger charge is 2.15. The maximum absolute atomic E-state index is 13.1. The van der Waals surface area contributed by atoms with Crippen LogP contribution in [0.2, 0.25) is 5.02 Å². The second-order valence-corrected chi connectivity index (χ2v) is 6.79. The van der Waals surface area contributed by atoms with Crippen LogP contribution in [0.4, 0.5) is 4.39 Å². The van der Waals surface area contributed by atoms with E-state index in [0.29, 0.717) is 0 Å². The van der Waals surface area contributed by atoms with E-state index in [2.05, 4.69) is 47.8 Å². The summed E-state index contributed by atoms with van der Waals surface area (Å²) in [6.45, 7) is 0. The first-order chi connectivity index (χ1) is 8.49. The fourth-order valence-corrected chi connectivity index (χ4v) is 3.57. The zero-order valence-corrected chi connectivity index (χ0v) is 14.4. The van der Waals surface area contributed by atoms with Crippen molar-refractivity contribution in [3.05, 3.63) is 67.3 Å². The lowest BCUT2D eigenvalue weighted by Crippen LogP contribution is -1.95. The molecule has 0 radical (unpaired) electrons. The van der Waals surface area contributed by atoms with Crippen molar-refractivity contribution in [3.63, 3.8) is 0 Å². The third-order valence-electron chi connectivity index (χ3n) is 2.47. The Bertz CT molecular complexity index is 586. The summed E-state index contributed by atoms with van der Waals surface area (Å²) in [6, 6.07) is 10.6. The molecule has 0 nitrogen and oxygen atoms in total. The first-order valence-corrected chi connectivity index (χ1v) is 7.91. The molecule has 0 aliphatic rings. The Balaban J connectivity index is 2.44. The number of alkyl halides is 1. The predicted octanol–water partition coefficient (Wildman–Crippen LogP) is 6.49. The lowest BCUT2D eigenvalue weighted by Gasteiger charge is -2.13. The summed E-state index contributed by atoms with van der Waals surface area (Å²) >= 11 is 16.3. The zero-order chi connectivity index (χ0) is 13.3. The summed E-state index contributed by atoms with van der Waals surface area (Å²) in [4.78, 5) is -0.0533. The first-order valence-electron chi connectivity index (χ1n) is 5.03. The van der Waals surface area contributed by atoms with Crippen molar-refractivity contribution < 1.29 is 4.39 Å². The summed E-state index contributed by atoms with van der Waals surface area (Å²) in [5.74, 6) is -0.409. The van der Waals surface area contributed by atoms with E-state index >= 15 is 0 Å². The van der Waals surface area contributed by atoms with Crippen molar-refractivity contribution in [1.29, 1.82) is 0 Å². The Morgan fingerprint density at radius 1 is 1.06 bits per heavy atom. The number of hydrogen-bond acceptors (Lipinski definition) is 0. The van der Waals surface area contributed by atoms with Crippen LogP contribution < -0.4 is 0 Å². The molecule has 2 aromatic rings. The van der Waals surface area contributed by atoms with Crippen molar-refractivity contribution in [2.24, 2.45) is 0 Å². The van der Waals surface area contributed by atoms with Gasteiger partial charge in [0.15, 0.2) is 0 Å². The molecule has 18 heavy (non-hydrogen) atoms. The molecule has 0 heterocycles. The highest BCUT2D eigenvalue weighted by Crippen LogP contribution is 2.37. The molecule has 0 fully saturated rings. The Kier molecular flexibility index (Phi) is 4.86. The zero-order valence-electron chi connectivity index (χ0n) is 8.93. The normalized spacial score (nSPS) is 12.5. The third kappa shape index (κ3) is 3.16. The molecule has 1 atom stereocenters. The van der Waals surface area contributed by atoms with Crippen molar-refractivity contribution >= 4 is 59.4 Å². The number of benzene rings is 2. The molecule has 2 aromatic carbocycles. The topological polar surface area (TPSA) is 0 Å². The summed E-state index contributed by atoms with van der Waals surface area (Å²) < 4.78 is 15.1. The average Bonchev–Trinajstić information content (AvgIpc) is 2.35. The van der Waals surface area contributed by atoms with Gasteiger partial charge in [0.05, 0.1) is 9.85 Å². The summed E-state index contributed by atoms with van der Waals surface area (Å²) in [5.41, 5.74) is 1.95. The van der Waals surface area contributed by atoms with E-state index in [-0.39, 0.29) is 9.85 Å². The first kappa shape index (κ1) is 14.5. The molecule has 0 saturated heterocycles. The Morgan fingerprint density at radius 2 is 1.78 bits per heavy atom. The Labute approximate surface area is 135 Å². The van der Waals surface area contributed by atoms with Crippen LogP contribution in [-0.4, -0.2) is 0 Å². The molecule has 0 aliphatic carbocycles. The Hall–Kier alpha value is 0.1000. The quantitative estimate of drug-likeness (QED) is 0.453. The van der Waals surface area contributed by atoms with Gasteiger partial charge in [-0.2, -0.15) is 0 Å². The smallest absolute Gasteiger partial charge is 0.141 e. The second-order valence-electron chi connectivity index (χ2n) is 3.70. The molecule has 94 valence electrons. The average molecular weight is 457 g/mol. The van der Waals surface area contributed by atoms with Gasteiger partial charge in [0.25, 0.3) is 0 Å². The molecule has 0 aliphatic heterocycles. The Morgan fingerprint density at radius 3 is 2.44 bits per heavy atom. The third-order valence-corrected chi connectivity index (χ3v) is 4.99. The fourth-order valence-electron chi connectivity index (χ4n) is 1.56. The van der Waals surface area contributed by atoms with E-state index in [1.807, 2.05) is 18.2 Å². The molecule has 5 heteroatoms. The molecule has 0 saturated carbocycles. The lowest BCUT2D eigenvalue weighted by atomic mass is 10.0. The van der Waals surface area contributed by atoms with Gasteiger partial charge in [-0.15, -0.1) is 0 Å². The monoisotopic (exact) mass is 454 g/mol. The van der Waals surface area contributed by atoms with Crippen molar-refractivity contribution in [1.82, 2.24) is 0 Å². The van der Waals surface area contributed by atoms with Crippen LogP contribution in [0, 0.1) is 5.82 Å². The highest BCUT2D eigenvalue weighted by atomic mass is 79.9. The minimum absolute atomic E-state index is 0.0533. The van der Waals surface area contributed by atoms with Crippen molar-refractivity contribution in [2.45, 2.75) is 4.83 Å². The van der Waals surface area contributed by atoms with Crippen LogP contribution in [-0.2, 0) is 0 Å². The molecule has 0 spiro atoms. The van der Waals surface area contributed by atoms with Gasteiger partial charge in [-0.25, -0.2) is 4.39 Å². The van der Waals surface area contributed by atoms with Crippen LogP contribution >= 0.6 is 59.4 Å². The van der Waals surface area contributed by atoms with Gasteiger partial charge in [0.2, 0.25) is 0 Å². The van der Waals surface area contributed by atoms with Crippen LogP contribution in [0.5, 0.6) is 0 Å². The van der Waals surface area contributed by atoms with Crippen molar-refractivity contribution in [2.75, 3.05) is 0 Å². The van der Waals surface area contributed by atoms with Gasteiger partial charge in [-0.05, 0) is 41.5 Å². The van der Waals surface area contributed by atoms with Crippen LogP contribution in [0.1, 0.15) is 16.0 Å². The minimum Gasteiger partial charge on any atom is -0.205 e. The molecular weight excluding hydrogens is 450 g/mol. The fraction of sp³-hybridized carbons (Fsp3) is 0.0769. The summed E-state index contributed by atoms with van der Waals surface area (Å²) in [7, 11) is 0. The number of hydrogen-bond donors (Lipinski definition) is 0. The van der Waals surface area contributed by atoms with E-state index in [4.69, 9.17) is 11.6 Å². The van der Waals surface area contributed by atoms with E-state index in [1.165, 1.54) is 6.07 Å². The second kappa shape index (κ2) is 6.04. The molecule has 1 unspecified atom stereocenters. The van der Waals surface area contributed by atoms with E-state index in [1.54, 1.807) is 12.1 Å². The molecule has 2 rings (SSSR count). The molecule has 0 bridgehead atoms. The number of halogens is 5. The van der Waals surface area contributed by atoms with Crippen LogP contribution in [0.3, 0.4) is 0 Å². The SMILES string of the molecule is Fc1ccc(C(Br)c2cc(Br)ccc2Br)cc1Cl. The van der Waals surface area contributed by atoms with Crippen LogP contribution in [0.15, 0.2) is 45.3 Å². The van der Waals surface area contributed by atoms with Crippen LogP contribution in [0.25, 0.3) is 0 Å². The van der Waals surface area contributed by atoms with Crippen molar-refractivity contribution in [3.8, 4) is 0 Å². The van der Waals surface area contributed by atoms with E-state index < -0.39 is 5.82 Å². The molecule has 0 aromatic heterocycles. The maximum Gasteiger partial charge on any atom is 0.141 e. The maximum atomic E-state index is 13.1. The van der Waals surface area contributed by atoms with E-state index in [9.17, 15) is 4.39 Å². The van der Waals surface area contributed by atoms with Gasteiger partial charge < -0.3 is 0 Å². The minimum atomic E-state index is -0.409. The molecular formula is C13H7Br3ClF.